The van der Waals surface area contributed by atoms with Crippen molar-refractivity contribution < 1.29 is 9.47 Å². The number of methoxy groups -OCH3 is 1. The fraction of sp³-hybridized carbons (Fsp3) is 0.316. The molecule has 0 aliphatic heterocycles. The Morgan fingerprint density at radius 2 is 1.92 bits per heavy atom. The van der Waals surface area contributed by atoms with Crippen molar-refractivity contribution in [2.24, 2.45) is 0 Å². The van der Waals surface area contributed by atoms with E-state index in [1.54, 1.807) is 13.3 Å². The Morgan fingerprint density at radius 1 is 1.16 bits per heavy atom. The molecule has 3 rings (SSSR count). The zero-order chi connectivity index (χ0) is 17.1. The third-order valence-electron chi connectivity index (χ3n) is 4.35. The first-order valence-electron chi connectivity index (χ1n) is 7.93. The average molecular weight is 381 g/mol. The van der Waals surface area contributed by atoms with Crippen LogP contribution in [0.4, 0.5) is 0 Å². The molecule has 0 radical (unpaired) electrons. The van der Waals surface area contributed by atoms with Crippen LogP contribution in [0, 0.1) is 13.8 Å². The van der Waals surface area contributed by atoms with Crippen molar-refractivity contribution in [1.82, 2.24) is 9.55 Å². The third-order valence-corrected chi connectivity index (χ3v) is 4.72. The molecule has 0 N–H and O–H groups in total. The Hall–Kier alpha value is -1.75. The number of ether oxygens (including phenoxy) is 2. The number of hydrogen-bond acceptors (Lipinski definition) is 3. The molecule has 3 aromatic rings. The molecule has 134 valence electrons. The summed E-state index contributed by atoms with van der Waals surface area (Å²) in [6.45, 7) is 6.03. The molecule has 4 nitrogen and oxygen atoms in total. The van der Waals surface area contributed by atoms with E-state index in [4.69, 9.17) is 21.1 Å². The van der Waals surface area contributed by atoms with Gasteiger partial charge in [0.1, 0.15) is 12.1 Å². The lowest BCUT2D eigenvalue weighted by Gasteiger charge is -2.12. The van der Waals surface area contributed by atoms with Gasteiger partial charge in [-0.1, -0.05) is 29.8 Å². The summed E-state index contributed by atoms with van der Waals surface area (Å²) in [5.41, 5.74) is 4.40. The maximum atomic E-state index is 6.22. The number of halogens is 2. The minimum Gasteiger partial charge on any atom is -0.471 e. The predicted molar refractivity (Wildman–Crippen MR) is 104 cm³/mol. The summed E-state index contributed by atoms with van der Waals surface area (Å²) in [6, 6.07) is 9.72. The molecule has 2 heterocycles. The fourth-order valence-electron chi connectivity index (χ4n) is 2.89. The van der Waals surface area contributed by atoms with Crippen LogP contribution < -0.4 is 4.74 Å². The monoisotopic (exact) mass is 380 g/mol. The highest BCUT2D eigenvalue weighted by atomic mass is 35.5. The second kappa shape index (κ2) is 8.56. The van der Waals surface area contributed by atoms with E-state index >= 15 is 0 Å². The van der Waals surface area contributed by atoms with Crippen molar-refractivity contribution in [2.45, 2.75) is 27.0 Å². The first kappa shape index (κ1) is 19.6. The number of aromatic nitrogens is 2. The van der Waals surface area contributed by atoms with E-state index in [2.05, 4.69) is 23.4 Å². The van der Waals surface area contributed by atoms with Crippen LogP contribution in [0.1, 0.15) is 16.8 Å². The van der Waals surface area contributed by atoms with Gasteiger partial charge in [0.15, 0.2) is 0 Å². The SMILES string of the molecule is COCCn1c(C)c(C)c2ccnc(OCc3ccccc3Cl)c21.Cl. The van der Waals surface area contributed by atoms with E-state index in [0.717, 1.165) is 23.0 Å². The normalized spacial score (nSPS) is 10.7. The minimum atomic E-state index is 0. The van der Waals surface area contributed by atoms with E-state index in [1.165, 1.54) is 11.3 Å². The fourth-order valence-corrected chi connectivity index (χ4v) is 3.08. The molecular weight excluding hydrogens is 359 g/mol. The van der Waals surface area contributed by atoms with Gasteiger partial charge < -0.3 is 14.0 Å². The standard InChI is InChI=1S/C19H21ClN2O2.ClH/c1-13-14(2)22(10-11-23-3)18-16(13)8-9-21-19(18)24-12-15-6-4-5-7-17(15)20;/h4-9H,10-12H2,1-3H3;1H. The van der Waals surface area contributed by atoms with Crippen LogP contribution in [-0.2, 0) is 17.9 Å². The summed E-state index contributed by atoms with van der Waals surface area (Å²) in [6.07, 6.45) is 1.79. The Morgan fingerprint density at radius 3 is 2.64 bits per heavy atom. The molecule has 0 spiro atoms. The van der Waals surface area contributed by atoms with E-state index in [0.29, 0.717) is 24.1 Å². The predicted octanol–water partition coefficient (Wildman–Crippen LogP) is 4.95. The lowest BCUT2D eigenvalue weighted by atomic mass is 10.2. The zero-order valence-electron chi connectivity index (χ0n) is 14.6. The molecule has 6 heteroatoms. The lowest BCUT2D eigenvalue weighted by Crippen LogP contribution is -2.07. The number of fused-ring (bicyclic) bond motifs is 1. The molecule has 0 atom stereocenters. The number of aryl methyl sites for hydroxylation is 1. The summed E-state index contributed by atoms with van der Waals surface area (Å²) in [4.78, 5) is 4.45. The van der Waals surface area contributed by atoms with Crippen molar-refractivity contribution in [2.75, 3.05) is 13.7 Å². The Kier molecular flexibility index (Phi) is 6.71. The summed E-state index contributed by atoms with van der Waals surface area (Å²) < 4.78 is 13.5. The van der Waals surface area contributed by atoms with Gasteiger partial charge in [0, 0.05) is 41.5 Å². The largest absolute Gasteiger partial charge is 0.471 e. The second-order valence-corrected chi connectivity index (χ2v) is 6.15. The van der Waals surface area contributed by atoms with E-state index < -0.39 is 0 Å². The van der Waals surface area contributed by atoms with E-state index in [-0.39, 0.29) is 12.4 Å². The molecule has 25 heavy (non-hydrogen) atoms. The second-order valence-electron chi connectivity index (χ2n) is 5.75. The molecule has 0 saturated carbocycles. The van der Waals surface area contributed by atoms with Gasteiger partial charge in [-0.15, -0.1) is 12.4 Å². The number of benzene rings is 1. The van der Waals surface area contributed by atoms with Crippen LogP contribution >= 0.6 is 24.0 Å². The van der Waals surface area contributed by atoms with E-state index in [1.807, 2.05) is 30.3 Å². The molecule has 0 saturated heterocycles. The van der Waals surface area contributed by atoms with Crippen LogP contribution in [0.5, 0.6) is 5.88 Å². The number of pyridine rings is 1. The Bertz CT molecular complexity index is 862. The van der Waals surface area contributed by atoms with Crippen LogP contribution in [-0.4, -0.2) is 23.3 Å². The molecule has 0 fully saturated rings. The van der Waals surface area contributed by atoms with Crippen molar-refractivity contribution in [3.63, 3.8) is 0 Å². The molecule has 0 aliphatic rings. The molecule has 1 aromatic carbocycles. The van der Waals surface area contributed by atoms with E-state index in [9.17, 15) is 0 Å². The van der Waals surface area contributed by atoms with Gasteiger partial charge in [0.05, 0.1) is 6.61 Å². The summed E-state index contributed by atoms with van der Waals surface area (Å²) in [5.74, 6) is 0.625. The van der Waals surface area contributed by atoms with Crippen molar-refractivity contribution >= 4 is 34.9 Å². The summed E-state index contributed by atoms with van der Waals surface area (Å²) in [5, 5.41) is 1.86. The van der Waals surface area contributed by atoms with Crippen molar-refractivity contribution in [3.05, 3.63) is 58.4 Å². The molecule has 0 bridgehead atoms. The smallest absolute Gasteiger partial charge is 0.238 e. The quantitative estimate of drug-likeness (QED) is 0.606. The molecular formula is C19H22Cl2N2O2. The number of rotatable bonds is 6. The van der Waals surface area contributed by atoms with Gasteiger partial charge in [0.25, 0.3) is 0 Å². The lowest BCUT2D eigenvalue weighted by molar-refractivity contribution is 0.187. The maximum Gasteiger partial charge on any atom is 0.238 e. The first-order chi connectivity index (χ1) is 11.6. The van der Waals surface area contributed by atoms with Gasteiger partial charge in [0.2, 0.25) is 5.88 Å². The molecule has 2 aromatic heterocycles. The summed E-state index contributed by atoms with van der Waals surface area (Å²) >= 11 is 6.22. The highest BCUT2D eigenvalue weighted by Crippen LogP contribution is 2.31. The zero-order valence-corrected chi connectivity index (χ0v) is 16.2. The highest BCUT2D eigenvalue weighted by molar-refractivity contribution is 6.31. The van der Waals surface area contributed by atoms with Gasteiger partial charge in [-0.05, 0) is 31.5 Å². The maximum absolute atomic E-state index is 6.22. The van der Waals surface area contributed by atoms with Gasteiger partial charge in [-0.3, -0.25) is 0 Å². The minimum absolute atomic E-state index is 0. The van der Waals surface area contributed by atoms with Crippen LogP contribution in [0.3, 0.4) is 0 Å². The highest BCUT2D eigenvalue weighted by Gasteiger charge is 2.16. The summed E-state index contributed by atoms with van der Waals surface area (Å²) in [7, 11) is 1.71. The third kappa shape index (κ3) is 3.92. The average Bonchev–Trinajstić information content (AvgIpc) is 2.84. The van der Waals surface area contributed by atoms with Gasteiger partial charge in [-0.2, -0.15) is 0 Å². The van der Waals surface area contributed by atoms with Crippen LogP contribution in [0.2, 0.25) is 5.02 Å². The van der Waals surface area contributed by atoms with Crippen molar-refractivity contribution in [3.8, 4) is 5.88 Å². The molecule has 0 aliphatic carbocycles. The number of hydrogen-bond donors (Lipinski definition) is 0. The topological polar surface area (TPSA) is 36.3 Å². The van der Waals surface area contributed by atoms with Gasteiger partial charge in [-0.25, -0.2) is 4.98 Å². The Balaban J connectivity index is 0.00000225. The first-order valence-corrected chi connectivity index (χ1v) is 8.30. The van der Waals surface area contributed by atoms with Crippen molar-refractivity contribution in [1.29, 1.82) is 0 Å². The molecule has 0 unspecified atom stereocenters. The van der Waals surface area contributed by atoms with Crippen LogP contribution in [0.15, 0.2) is 36.5 Å². The Labute approximate surface area is 159 Å². The van der Waals surface area contributed by atoms with Gasteiger partial charge >= 0.3 is 0 Å². The van der Waals surface area contributed by atoms with Crippen LogP contribution in [0.25, 0.3) is 10.9 Å². The molecule has 0 amide bonds. The number of nitrogens with zero attached hydrogens (tertiary/aromatic N) is 2.